The van der Waals surface area contributed by atoms with Crippen LogP contribution in [0.2, 0.25) is 0 Å². The number of aromatic hydroxyl groups is 1. The molecule has 0 saturated carbocycles. The van der Waals surface area contributed by atoms with Gasteiger partial charge in [-0.2, -0.15) is 4.98 Å². The lowest BCUT2D eigenvalue weighted by Crippen LogP contribution is -2.08. The standard InChI is InChI=1S/C17H15N3O2/c21-15-8-4-7-12-13(15)9-10-14(12)18-17-19-16(22-20-17)11-5-2-1-3-6-11/h1-8,14,21H,9-10H2,(H,18,20). The van der Waals surface area contributed by atoms with Gasteiger partial charge in [-0.3, -0.25) is 0 Å². The third kappa shape index (κ3) is 2.20. The maximum absolute atomic E-state index is 9.89. The minimum atomic E-state index is 0.100. The number of phenols is 1. The molecule has 1 aromatic heterocycles. The molecule has 1 unspecified atom stereocenters. The zero-order valence-corrected chi connectivity index (χ0v) is 11.9. The van der Waals surface area contributed by atoms with Gasteiger partial charge in [0.2, 0.25) is 0 Å². The summed E-state index contributed by atoms with van der Waals surface area (Å²) in [6, 6.07) is 15.4. The number of nitrogens with one attached hydrogen (secondary N) is 1. The number of nitrogens with zero attached hydrogens (tertiary/aromatic N) is 2. The highest BCUT2D eigenvalue weighted by atomic mass is 16.5. The summed E-state index contributed by atoms with van der Waals surface area (Å²) < 4.78 is 5.30. The Kier molecular flexibility index (Phi) is 3.04. The molecule has 0 spiro atoms. The van der Waals surface area contributed by atoms with Crippen molar-refractivity contribution in [3.63, 3.8) is 0 Å². The fourth-order valence-electron chi connectivity index (χ4n) is 2.92. The molecule has 0 fully saturated rings. The van der Waals surface area contributed by atoms with E-state index in [-0.39, 0.29) is 6.04 Å². The van der Waals surface area contributed by atoms with Crippen molar-refractivity contribution in [1.29, 1.82) is 0 Å². The largest absolute Gasteiger partial charge is 0.508 e. The normalized spacial score (nSPS) is 16.5. The Morgan fingerprint density at radius 1 is 1.09 bits per heavy atom. The smallest absolute Gasteiger partial charge is 0.264 e. The molecule has 0 aliphatic heterocycles. The number of fused-ring (bicyclic) bond motifs is 1. The third-order valence-electron chi connectivity index (χ3n) is 4.00. The molecule has 5 heteroatoms. The Hall–Kier alpha value is -2.82. The molecule has 1 aliphatic rings. The summed E-state index contributed by atoms with van der Waals surface area (Å²) in [6.45, 7) is 0. The van der Waals surface area contributed by atoms with Crippen molar-refractivity contribution < 1.29 is 9.63 Å². The van der Waals surface area contributed by atoms with Gasteiger partial charge >= 0.3 is 0 Å². The number of rotatable bonds is 3. The number of phenolic OH excluding ortho intramolecular Hbond substituents is 1. The van der Waals surface area contributed by atoms with Gasteiger partial charge in [-0.15, -0.1) is 0 Å². The Morgan fingerprint density at radius 2 is 1.95 bits per heavy atom. The topological polar surface area (TPSA) is 71.2 Å². The van der Waals surface area contributed by atoms with Crippen molar-refractivity contribution in [2.75, 3.05) is 5.32 Å². The Morgan fingerprint density at radius 3 is 2.82 bits per heavy atom. The minimum Gasteiger partial charge on any atom is -0.508 e. The average Bonchev–Trinajstić information content (AvgIpc) is 3.17. The second kappa shape index (κ2) is 5.18. The maximum atomic E-state index is 9.89. The van der Waals surface area contributed by atoms with Crippen LogP contribution in [0.5, 0.6) is 5.75 Å². The Labute approximate surface area is 127 Å². The molecule has 1 heterocycles. The van der Waals surface area contributed by atoms with Crippen LogP contribution < -0.4 is 5.32 Å². The fourth-order valence-corrected chi connectivity index (χ4v) is 2.92. The van der Waals surface area contributed by atoms with E-state index >= 15 is 0 Å². The van der Waals surface area contributed by atoms with Crippen LogP contribution in [0.15, 0.2) is 53.1 Å². The van der Waals surface area contributed by atoms with Crippen LogP contribution in [0, 0.1) is 0 Å². The number of aromatic nitrogens is 2. The molecule has 4 rings (SSSR count). The van der Waals surface area contributed by atoms with Crippen molar-refractivity contribution in [2.24, 2.45) is 0 Å². The van der Waals surface area contributed by atoms with E-state index in [4.69, 9.17) is 4.52 Å². The second-order valence-corrected chi connectivity index (χ2v) is 5.37. The van der Waals surface area contributed by atoms with Crippen molar-refractivity contribution in [3.05, 3.63) is 59.7 Å². The van der Waals surface area contributed by atoms with Crippen LogP contribution in [0.25, 0.3) is 11.5 Å². The minimum absolute atomic E-state index is 0.100. The summed E-state index contributed by atoms with van der Waals surface area (Å²) >= 11 is 0. The van der Waals surface area contributed by atoms with Gasteiger partial charge in [0.05, 0.1) is 6.04 Å². The first-order chi connectivity index (χ1) is 10.8. The van der Waals surface area contributed by atoms with Crippen molar-refractivity contribution >= 4 is 5.95 Å². The molecule has 2 N–H and O–H groups in total. The van der Waals surface area contributed by atoms with Crippen LogP contribution in [-0.4, -0.2) is 15.2 Å². The summed E-state index contributed by atoms with van der Waals surface area (Å²) in [5, 5.41) is 17.2. The Balaban J connectivity index is 1.57. The van der Waals surface area contributed by atoms with Crippen molar-refractivity contribution in [2.45, 2.75) is 18.9 Å². The number of hydrogen-bond acceptors (Lipinski definition) is 5. The van der Waals surface area contributed by atoms with E-state index in [1.807, 2.05) is 42.5 Å². The SMILES string of the molecule is Oc1cccc2c1CCC2Nc1noc(-c2ccccc2)n1. The molecule has 0 saturated heterocycles. The maximum Gasteiger partial charge on any atom is 0.264 e. The summed E-state index contributed by atoms with van der Waals surface area (Å²) in [7, 11) is 0. The molecule has 22 heavy (non-hydrogen) atoms. The monoisotopic (exact) mass is 293 g/mol. The van der Waals surface area contributed by atoms with Gasteiger partial charge < -0.3 is 14.9 Å². The van der Waals surface area contributed by atoms with Crippen LogP contribution in [-0.2, 0) is 6.42 Å². The summed E-state index contributed by atoms with van der Waals surface area (Å²) in [4.78, 5) is 4.39. The van der Waals surface area contributed by atoms with Crippen LogP contribution in [0.4, 0.5) is 5.95 Å². The first-order valence-corrected chi connectivity index (χ1v) is 7.27. The molecule has 1 aliphatic carbocycles. The molecule has 5 nitrogen and oxygen atoms in total. The lowest BCUT2D eigenvalue weighted by Gasteiger charge is -2.11. The van der Waals surface area contributed by atoms with E-state index in [9.17, 15) is 5.11 Å². The van der Waals surface area contributed by atoms with Gasteiger partial charge in [-0.25, -0.2) is 0 Å². The average molecular weight is 293 g/mol. The van der Waals surface area contributed by atoms with E-state index in [2.05, 4.69) is 15.5 Å². The molecular weight excluding hydrogens is 278 g/mol. The van der Waals surface area contributed by atoms with Gasteiger partial charge in [0, 0.05) is 5.56 Å². The van der Waals surface area contributed by atoms with Gasteiger partial charge in [-0.1, -0.05) is 30.3 Å². The zero-order valence-electron chi connectivity index (χ0n) is 11.9. The van der Waals surface area contributed by atoms with E-state index in [1.165, 1.54) is 0 Å². The predicted octanol–water partition coefficient (Wildman–Crippen LogP) is 3.54. The number of benzene rings is 2. The zero-order chi connectivity index (χ0) is 14.9. The van der Waals surface area contributed by atoms with E-state index in [0.29, 0.717) is 17.6 Å². The first kappa shape index (κ1) is 12.9. The van der Waals surface area contributed by atoms with Gasteiger partial charge in [0.1, 0.15) is 5.75 Å². The molecular formula is C17H15N3O2. The number of hydrogen-bond donors (Lipinski definition) is 2. The highest BCUT2D eigenvalue weighted by molar-refractivity contribution is 5.54. The lowest BCUT2D eigenvalue weighted by atomic mass is 10.1. The third-order valence-corrected chi connectivity index (χ3v) is 4.00. The van der Waals surface area contributed by atoms with Crippen molar-refractivity contribution in [3.8, 4) is 17.2 Å². The predicted molar refractivity (Wildman–Crippen MR) is 82.5 cm³/mol. The summed E-state index contributed by atoms with van der Waals surface area (Å²) in [6.07, 6.45) is 1.76. The first-order valence-electron chi connectivity index (χ1n) is 7.27. The highest BCUT2D eigenvalue weighted by Crippen LogP contribution is 2.37. The molecule has 0 amide bonds. The quantitative estimate of drug-likeness (QED) is 0.773. The van der Waals surface area contributed by atoms with Gasteiger partial charge in [-0.05, 0) is 47.3 Å². The van der Waals surface area contributed by atoms with E-state index in [0.717, 1.165) is 29.5 Å². The van der Waals surface area contributed by atoms with Gasteiger partial charge in [0.25, 0.3) is 11.8 Å². The Bertz CT molecular complexity index is 799. The second-order valence-electron chi connectivity index (χ2n) is 5.37. The molecule has 2 aromatic carbocycles. The molecule has 0 radical (unpaired) electrons. The van der Waals surface area contributed by atoms with Crippen molar-refractivity contribution in [1.82, 2.24) is 10.1 Å². The summed E-state index contributed by atoms with van der Waals surface area (Å²) in [5.41, 5.74) is 3.00. The lowest BCUT2D eigenvalue weighted by molar-refractivity contribution is 0.431. The van der Waals surface area contributed by atoms with Crippen LogP contribution >= 0.6 is 0 Å². The van der Waals surface area contributed by atoms with Crippen LogP contribution in [0.3, 0.4) is 0 Å². The van der Waals surface area contributed by atoms with Crippen LogP contribution in [0.1, 0.15) is 23.6 Å². The number of anilines is 1. The van der Waals surface area contributed by atoms with Gasteiger partial charge in [0.15, 0.2) is 0 Å². The van der Waals surface area contributed by atoms with E-state index in [1.54, 1.807) is 6.07 Å². The molecule has 1 atom stereocenters. The fraction of sp³-hybridized carbons (Fsp3) is 0.176. The molecule has 0 bridgehead atoms. The summed E-state index contributed by atoms with van der Waals surface area (Å²) in [5.74, 6) is 1.33. The highest BCUT2D eigenvalue weighted by Gasteiger charge is 2.25. The van der Waals surface area contributed by atoms with E-state index < -0.39 is 0 Å². The molecule has 110 valence electrons. The molecule has 3 aromatic rings.